The molecule has 6 nitrogen and oxygen atoms in total. The van der Waals surface area contributed by atoms with Crippen LogP contribution in [0.2, 0.25) is 23.1 Å². The Morgan fingerprint density at radius 3 is 0.747 bits per heavy atom. The van der Waals surface area contributed by atoms with Gasteiger partial charge in [-0.1, -0.05) is 412 Å². The van der Waals surface area contributed by atoms with Crippen LogP contribution in [0.15, 0.2) is 303 Å². The highest BCUT2D eigenvalue weighted by molar-refractivity contribution is 7.21. The fourth-order valence-corrected chi connectivity index (χ4v) is 30.1. The van der Waals surface area contributed by atoms with E-state index < -0.39 is 16.1 Å². The van der Waals surface area contributed by atoms with Crippen LogP contribution in [0, 0.1) is 20.8 Å². The summed E-state index contributed by atoms with van der Waals surface area (Å²) in [7, 11) is -5.36. The second-order valence-electron chi connectivity index (χ2n) is 52.8. The van der Waals surface area contributed by atoms with E-state index in [0.717, 1.165) is 68.0 Å². The molecule has 11 heteroatoms. The summed E-state index contributed by atoms with van der Waals surface area (Å²) in [4.78, 5) is 10.1. The number of hydrogen-bond donors (Lipinski definition) is 2. The predicted molar refractivity (Wildman–Crippen MR) is 647 cm³/mol. The summed E-state index contributed by atoms with van der Waals surface area (Å²) in [5.41, 5.74) is 39.4. The first-order valence-corrected chi connectivity index (χ1v) is 58.7. The second kappa shape index (κ2) is 38.1. The van der Waals surface area contributed by atoms with E-state index in [9.17, 15) is 0 Å². The van der Waals surface area contributed by atoms with Crippen molar-refractivity contribution in [1.29, 1.82) is 0 Å². The molecule has 0 atom stereocenters. The van der Waals surface area contributed by atoms with Gasteiger partial charge in [0.15, 0.2) is 0 Å². The van der Waals surface area contributed by atoms with Gasteiger partial charge >= 0.3 is 0 Å². The molecule has 0 saturated heterocycles. The van der Waals surface area contributed by atoms with Gasteiger partial charge in [-0.3, -0.25) is 0 Å². The lowest BCUT2D eigenvalue weighted by Gasteiger charge is -2.51. The molecule has 4 aliphatic heterocycles. The Morgan fingerprint density at radius 1 is 0.212 bits per heavy atom. The number of aryl methyl sites for hydroxylation is 3. The van der Waals surface area contributed by atoms with Crippen LogP contribution in [0.1, 0.15) is 280 Å². The molecule has 2 N–H and O–H groups in total. The molecule has 0 aromatic heterocycles. The van der Waals surface area contributed by atoms with Crippen molar-refractivity contribution in [1.82, 2.24) is 0 Å². The van der Waals surface area contributed by atoms with Crippen molar-refractivity contribution in [3.05, 3.63) is 386 Å². The molecule has 146 heavy (non-hydrogen) atoms. The van der Waals surface area contributed by atoms with Crippen molar-refractivity contribution in [3.8, 4) is 0 Å². The molecule has 0 radical (unpaired) electrons. The molecular formula is C135H157BCl2N6Si2. The highest BCUT2D eigenvalue weighted by Crippen LogP contribution is 2.53. The van der Waals surface area contributed by atoms with Crippen molar-refractivity contribution in [2.24, 2.45) is 0 Å². The Balaban J connectivity index is 0.000000158. The fourth-order valence-electron chi connectivity index (χ4n) is 21.8. The minimum absolute atomic E-state index is 0.0264. The zero-order valence-corrected chi connectivity index (χ0v) is 97.5. The van der Waals surface area contributed by atoms with Gasteiger partial charge in [-0.05, 0) is 330 Å². The summed E-state index contributed by atoms with van der Waals surface area (Å²) >= 11 is 14.7. The SMILES string of the molecule is Cc1cc(Nc2ccc(C(C)(C)C)cc2)c(Cl)c(Nc2ccc(C(C)(C)C)cc2)c1.Cc1cc2c(Cl)c(c1)N(c1ccc(C(C)(C)C)cc1)c1cc(C(C)(C)C)cc(c1)[Si](C)(c1ccccc1)c1cc(cc(C(C)(C)C)c1)N2c1ccc(C(C)(C)C)cc1.Cc1cc2c3c(c1)N(c1ccc(C(C)(C)C)cc1)c1cc(C(C)(C)C)cc4c1B3c1c(cc(C(C)(C)C)cc1[Si]4(C)c1ccccc1)N2c1ccc(C(C)(C)C)cc1. The Kier molecular flexibility index (Phi) is 27.5. The Morgan fingerprint density at radius 2 is 0.459 bits per heavy atom. The Labute approximate surface area is 889 Å². The average Bonchev–Trinajstić information content (AvgIpc) is 0.661. The van der Waals surface area contributed by atoms with E-state index in [2.05, 4.69) is 575 Å². The monoisotopic (exact) mass is 2000 g/mol. The van der Waals surface area contributed by atoms with E-state index in [1.165, 1.54) is 132 Å². The van der Waals surface area contributed by atoms with Crippen LogP contribution in [-0.2, 0) is 54.1 Å². The fraction of sp³-hybridized carbons (Fsp3) is 0.333. The van der Waals surface area contributed by atoms with Gasteiger partial charge in [-0.25, -0.2) is 0 Å². The van der Waals surface area contributed by atoms with Crippen LogP contribution < -0.4 is 77.7 Å². The number of benzene rings is 15. The van der Waals surface area contributed by atoms with Gasteiger partial charge in [0.25, 0.3) is 6.71 Å². The highest BCUT2D eigenvalue weighted by Gasteiger charge is 2.55. The molecule has 0 fully saturated rings. The van der Waals surface area contributed by atoms with Crippen LogP contribution in [0.25, 0.3) is 0 Å². The maximum absolute atomic E-state index is 7.97. The zero-order valence-electron chi connectivity index (χ0n) is 94.0. The number of halogens is 2. The van der Waals surface area contributed by atoms with E-state index in [0.29, 0.717) is 10.0 Å². The first-order chi connectivity index (χ1) is 68.0. The molecule has 19 rings (SSSR count). The lowest BCUT2D eigenvalue weighted by Crippen LogP contribution is -2.83. The molecule has 15 aromatic rings. The number of anilines is 16. The normalized spacial score (nSPS) is 14.4. The maximum Gasteiger partial charge on any atom is 0.251 e. The largest absolute Gasteiger partial charge is 0.354 e. The van der Waals surface area contributed by atoms with Gasteiger partial charge in [0.1, 0.15) is 16.1 Å². The van der Waals surface area contributed by atoms with E-state index in [1.807, 2.05) is 0 Å². The van der Waals surface area contributed by atoms with E-state index >= 15 is 0 Å². The second-order valence-corrected chi connectivity index (χ2v) is 61.4. The van der Waals surface area contributed by atoms with Crippen molar-refractivity contribution in [3.63, 3.8) is 0 Å². The number of nitrogens with zero attached hydrogens (tertiary/aromatic N) is 4. The van der Waals surface area contributed by atoms with Crippen molar-refractivity contribution >= 4 is 185 Å². The minimum Gasteiger partial charge on any atom is -0.354 e. The first kappa shape index (κ1) is 106. The van der Waals surface area contributed by atoms with Gasteiger partial charge in [0, 0.05) is 68.2 Å². The van der Waals surface area contributed by atoms with Crippen molar-refractivity contribution in [2.75, 3.05) is 30.2 Å². The third-order valence-corrected chi connectivity index (χ3v) is 40.7. The molecule has 15 aromatic carbocycles. The Hall–Kier alpha value is -11.8. The molecule has 4 heterocycles. The summed E-state index contributed by atoms with van der Waals surface area (Å²) < 4.78 is 0. The van der Waals surface area contributed by atoms with E-state index in [1.54, 1.807) is 10.4 Å². The molecule has 752 valence electrons. The lowest BCUT2D eigenvalue weighted by molar-refractivity contribution is 0.590. The van der Waals surface area contributed by atoms with Gasteiger partial charge in [-0.15, -0.1) is 0 Å². The average molecular weight is 2000 g/mol. The van der Waals surface area contributed by atoms with Crippen LogP contribution in [-0.4, -0.2) is 22.9 Å². The molecular weight excluding hydrogens is 1840 g/mol. The van der Waals surface area contributed by atoms with Gasteiger partial charge < -0.3 is 30.2 Å². The molecule has 0 saturated carbocycles. The van der Waals surface area contributed by atoms with Crippen LogP contribution >= 0.6 is 23.2 Å². The summed E-state index contributed by atoms with van der Waals surface area (Å²) in [5.74, 6) is 0. The highest BCUT2D eigenvalue weighted by atomic mass is 35.5. The van der Waals surface area contributed by atoms with Crippen LogP contribution in [0.5, 0.6) is 0 Å². The lowest BCUT2D eigenvalue weighted by atomic mass is 9.33. The summed E-state index contributed by atoms with van der Waals surface area (Å²) in [5, 5.41) is 17.1. The molecule has 0 aliphatic carbocycles. The number of rotatable bonds is 10. The van der Waals surface area contributed by atoms with Gasteiger partial charge in [-0.2, -0.15) is 0 Å². The summed E-state index contributed by atoms with van der Waals surface area (Å²) in [6, 6.07) is 116. The minimum atomic E-state index is -2.71. The number of hydrogen-bond acceptors (Lipinski definition) is 6. The quantitative estimate of drug-likeness (QED) is 0.133. The molecule has 0 unspecified atom stereocenters. The number of nitrogens with one attached hydrogen (secondary N) is 2. The smallest absolute Gasteiger partial charge is 0.251 e. The summed E-state index contributed by atoms with van der Waals surface area (Å²) in [6.45, 7) is 81.1. The van der Waals surface area contributed by atoms with E-state index in [-0.39, 0.29) is 60.9 Å². The van der Waals surface area contributed by atoms with Gasteiger partial charge in [0.05, 0.1) is 32.8 Å². The zero-order chi connectivity index (χ0) is 106. The third-order valence-electron chi connectivity index (χ3n) is 31.1. The predicted octanol–water partition coefficient (Wildman–Crippen LogP) is 33.6. The maximum atomic E-state index is 7.97. The summed E-state index contributed by atoms with van der Waals surface area (Å²) in [6.07, 6.45) is 0. The molecule has 4 aliphatic rings. The number of fused-ring (bicyclic) bond motifs is 6. The van der Waals surface area contributed by atoms with Crippen molar-refractivity contribution in [2.45, 2.75) is 296 Å². The van der Waals surface area contributed by atoms with E-state index in [4.69, 9.17) is 23.2 Å². The standard InChI is InChI=1S/C54H61BN2Si.C54H63ClN2Si.C27H33ClN2/c1-34-28-42-48-43(29-34)57(40-26-22-36(23-27-40)52(5,6)7)45-31-38(54(11,12)13)33-47-50(45)55(48)49-44(56(42)39-24-20-35(21-25-39)51(2,3)4)30-37(53(8,9)10)32-46(49)58(47,14)41-18-16-15-17-19-41;1-36-28-48-50(55)49(29-36)57(42-26-22-38(23-27-42)52(5,6)7)44-31-40(54(11,12)13)33-47(35-44)58(14,45-18-16-15-17-19-45)46-32-39(53(8,9)10)30-43(34-46)56(48)41-24-20-37(21-25-41)51(2,3)4;1-18-16-23(29-21-12-8-19(9-13-21)26(2,3)4)25(28)24(17-18)30-22-14-10-20(11-15-22)27(5,6)7/h15-33H,1-14H3;15-35H,1-14H3;8-17,29-30H,1-7H3. The third kappa shape index (κ3) is 20.6. The Bertz CT molecular complexity index is 7030. The molecule has 0 spiro atoms. The topological polar surface area (TPSA) is 37.0 Å². The molecule has 0 amide bonds. The first-order valence-electron chi connectivity index (χ1n) is 52.9. The van der Waals surface area contributed by atoms with Crippen LogP contribution in [0.3, 0.4) is 0 Å². The van der Waals surface area contributed by atoms with Crippen molar-refractivity contribution < 1.29 is 0 Å². The van der Waals surface area contributed by atoms with Crippen LogP contribution in [0.4, 0.5) is 91.0 Å². The van der Waals surface area contributed by atoms with Gasteiger partial charge in [0.2, 0.25) is 0 Å². The molecule has 6 bridgehead atoms.